The summed E-state index contributed by atoms with van der Waals surface area (Å²) in [6.45, 7) is 9.34. The molecule has 7 nitrogen and oxygen atoms in total. The monoisotopic (exact) mass is 447 g/mol. The number of nitrogens with zero attached hydrogens (tertiary/aromatic N) is 5. The van der Waals surface area contributed by atoms with Crippen molar-refractivity contribution in [1.82, 2.24) is 24.7 Å². The number of carbonyl (C=O) groups is 2. The van der Waals surface area contributed by atoms with Crippen molar-refractivity contribution in [2.24, 2.45) is 0 Å². The van der Waals surface area contributed by atoms with Crippen LogP contribution in [0.2, 0.25) is 0 Å². The van der Waals surface area contributed by atoms with Crippen LogP contribution in [0.3, 0.4) is 0 Å². The first-order chi connectivity index (χ1) is 14.5. The van der Waals surface area contributed by atoms with Gasteiger partial charge in [-0.05, 0) is 38.7 Å². The lowest BCUT2D eigenvalue weighted by Crippen LogP contribution is -2.52. The van der Waals surface area contributed by atoms with Gasteiger partial charge in [-0.2, -0.15) is 0 Å². The predicted molar refractivity (Wildman–Crippen MR) is 121 cm³/mol. The summed E-state index contributed by atoms with van der Waals surface area (Å²) < 4.78 is 0. The molecular weight excluding hydrogens is 418 g/mol. The highest BCUT2D eigenvalue weighted by molar-refractivity contribution is 8.00. The maximum absolute atomic E-state index is 12.7. The molecular formula is C21H29N5O2S2. The molecule has 2 aromatic heterocycles. The van der Waals surface area contributed by atoms with E-state index < -0.39 is 0 Å². The van der Waals surface area contributed by atoms with E-state index in [2.05, 4.69) is 28.7 Å². The summed E-state index contributed by atoms with van der Waals surface area (Å²) in [5, 5.41) is 1.97. The van der Waals surface area contributed by atoms with Crippen molar-refractivity contribution in [3.05, 3.63) is 16.8 Å². The molecule has 0 aliphatic carbocycles. The number of likely N-dealkylation sites (tertiary alicyclic amines) is 1. The van der Waals surface area contributed by atoms with Crippen LogP contribution in [0.5, 0.6) is 0 Å². The topological polar surface area (TPSA) is 69.6 Å². The van der Waals surface area contributed by atoms with E-state index in [1.807, 2.05) is 9.80 Å². The van der Waals surface area contributed by atoms with Gasteiger partial charge in [-0.15, -0.1) is 11.3 Å². The van der Waals surface area contributed by atoms with Gasteiger partial charge in [0.05, 0.1) is 12.3 Å². The van der Waals surface area contributed by atoms with Crippen molar-refractivity contribution < 1.29 is 9.59 Å². The van der Waals surface area contributed by atoms with Gasteiger partial charge in [0, 0.05) is 49.5 Å². The zero-order chi connectivity index (χ0) is 21.1. The lowest BCUT2D eigenvalue weighted by atomic mass is 10.1. The van der Waals surface area contributed by atoms with Crippen molar-refractivity contribution in [3.63, 3.8) is 0 Å². The molecule has 0 radical (unpaired) electrons. The summed E-state index contributed by atoms with van der Waals surface area (Å²) in [6.07, 6.45) is 5.06. The third kappa shape index (κ3) is 4.78. The van der Waals surface area contributed by atoms with Gasteiger partial charge in [-0.25, -0.2) is 9.97 Å². The van der Waals surface area contributed by atoms with Crippen LogP contribution in [0.4, 0.5) is 0 Å². The molecule has 0 saturated carbocycles. The smallest absolute Gasteiger partial charge is 0.236 e. The lowest BCUT2D eigenvalue weighted by Gasteiger charge is -2.36. The Hall–Kier alpha value is -1.71. The Labute approximate surface area is 185 Å². The van der Waals surface area contributed by atoms with Crippen LogP contribution in [0.25, 0.3) is 10.2 Å². The van der Waals surface area contributed by atoms with E-state index in [0.29, 0.717) is 25.4 Å². The molecule has 0 spiro atoms. The third-order valence-corrected chi connectivity index (χ3v) is 8.15. The number of hydrogen-bond donors (Lipinski definition) is 0. The first-order valence-corrected chi connectivity index (χ1v) is 12.4. The quantitative estimate of drug-likeness (QED) is 0.518. The number of piperazine rings is 1. The van der Waals surface area contributed by atoms with Crippen molar-refractivity contribution in [2.45, 2.75) is 38.1 Å². The molecule has 162 valence electrons. The molecule has 0 unspecified atom stereocenters. The third-order valence-electron chi connectivity index (χ3n) is 6.06. The Balaban J connectivity index is 1.26. The van der Waals surface area contributed by atoms with Gasteiger partial charge < -0.3 is 9.80 Å². The molecule has 4 heterocycles. The van der Waals surface area contributed by atoms with E-state index in [4.69, 9.17) is 0 Å². The van der Waals surface area contributed by atoms with Gasteiger partial charge >= 0.3 is 0 Å². The van der Waals surface area contributed by atoms with E-state index >= 15 is 0 Å². The number of fused-ring (bicyclic) bond motifs is 1. The Kier molecular flexibility index (Phi) is 6.90. The first-order valence-electron chi connectivity index (χ1n) is 10.6. The number of amides is 2. The second-order valence-corrected chi connectivity index (χ2v) is 10.2. The molecule has 2 aromatic rings. The minimum Gasteiger partial charge on any atom is -0.342 e. The molecule has 2 amide bonds. The lowest BCUT2D eigenvalue weighted by molar-refractivity contribution is -0.134. The molecule has 2 fully saturated rings. The zero-order valence-electron chi connectivity index (χ0n) is 17.7. The van der Waals surface area contributed by atoms with E-state index in [-0.39, 0.29) is 11.8 Å². The zero-order valence-corrected chi connectivity index (χ0v) is 19.4. The van der Waals surface area contributed by atoms with Crippen molar-refractivity contribution in [1.29, 1.82) is 0 Å². The highest BCUT2D eigenvalue weighted by Crippen LogP contribution is 2.34. The predicted octanol–water partition coefficient (Wildman–Crippen LogP) is 2.56. The maximum Gasteiger partial charge on any atom is 0.236 e. The van der Waals surface area contributed by atoms with Gasteiger partial charge in [0.25, 0.3) is 0 Å². The van der Waals surface area contributed by atoms with E-state index in [9.17, 15) is 9.59 Å². The number of rotatable bonds is 5. The standard InChI is InChI=1S/C21H29N5O2S2/c1-15-16(2)30-21-19(15)20(22-14-23-21)29-13-18(28)26-10-8-24(9-11-26)12-17(27)25-6-4-3-5-7-25/h14H,3-13H2,1-2H3. The molecule has 0 bridgehead atoms. The Morgan fingerprint density at radius 1 is 0.967 bits per heavy atom. The molecule has 0 N–H and O–H groups in total. The summed E-state index contributed by atoms with van der Waals surface area (Å²) in [5.41, 5.74) is 1.21. The van der Waals surface area contributed by atoms with Gasteiger partial charge in [0.2, 0.25) is 11.8 Å². The number of piperidine rings is 1. The van der Waals surface area contributed by atoms with Crippen LogP contribution in [0.1, 0.15) is 29.7 Å². The largest absolute Gasteiger partial charge is 0.342 e. The average Bonchev–Trinajstić information content (AvgIpc) is 3.07. The first kappa shape index (κ1) is 21.5. The summed E-state index contributed by atoms with van der Waals surface area (Å²) in [6, 6.07) is 0. The van der Waals surface area contributed by atoms with Crippen LogP contribution >= 0.6 is 23.1 Å². The van der Waals surface area contributed by atoms with Crippen molar-refractivity contribution in [2.75, 3.05) is 51.6 Å². The number of aromatic nitrogens is 2. The van der Waals surface area contributed by atoms with Crippen LogP contribution in [0.15, 0.2) is 11.4 Å². The van der Waals surface area contributed by atoms with Gasteiger partial charge in [-0.3, -0.25) is 14.5 Å². The summed E-state index contributed by atoms with van der Waals surface area (Å²) in [4.78, 5) is 42.3. The van der Waals surface area contributed by atoms with Gasteiger partial charge in [-0.1, -0.05) is 11.8 Å². The SMILES string of the molecule is Cc1sc2ncnc(SCC(=O)N3CCN(CC(=O)N4CCCCC4)CC3)c2c1C. The molecule has 2 saturated heterocycles. The molecule has 2 aliphatic rings. The van der Waals surface area contributed by atoms with E-state index in [0.717, 1.165) is 54.3 Å². The second kappa shape index (κ2) is 9.62. The number of carbonyl (C=O) groups excluding carboxylic acids is 2. The summed E-state index contributed by atoms with van der Waals surface area (Å²) >= 11 is 3.17. The van der Waals surface area contributed by atoms with E-state index in [1.54, 1.807) is 17.7 Å². The highest BCUT2D eigenvalue weighted by Gasteiger charge is 2.25. The average molecular weight is 448 g/mol. The van der Waals surface area contributed by atoms with Gasteiger partial charge in [0.15, 0.2) is 0 Å². The molecule has 2 aliphatic heterocycles. The fourth-order valence-electron chi connectivity index (χ4n) is 4.07. The molecule has 0 atom stereocenters. The number of aryl methyl sites for hydroxylation is 2. The van der Waals surface area contributed by atoms with Crippen molar-refractivity contribution in [3.8, 4) is 0 Å². The fourth-order valence-corrected chi connectivity index (χ4v) is 6.09. The van der Waals surface area contributed by atoms with Crippen LogP contribution < -0.4 is 0 Å². The van der Waals surface area contributed by atoms with Crippen LogP contribution in [0, 0.1) is 13.8 Å². The minimum atomic E-state index is 0.137. The molecule has 4 rings (SSSR count). The van der Waals surface area contributed by atoms with Gasteiger partial charge in [0.1, 0.15) is 16.2 Å². The Morgan fingerprint density at radius 2 is 1.67 bits per heavy atom. The minimum absolute atomic E-state index is 0.137. The highest BCUT2D eigenvalue weighted by atomic mass is 32.2. The molecule has 0 aromatic carbocycles. The van der Waals surface area contributed by atoms with E-state index in [1.165, 1.54) is 28.6 Å². The Morgan fingerprint density at radius 3 is 2.40 bits per heavy atom. The molecule has 30 heavy (non-hydrogen) atoms. The Bertz CT molecular complexity index is 918. The van der Waals surface area contributed by atoms with Crippen LogP contribution in [-0.2, 0) is 9.59 Å². The van der Waals surface area contributed by atoms with Crippen molar-refractivity contribution >= 4 is 45.1 Å². The normalized spacial score (nSPS) is 18.2. The number of thiophene rings is 1. The number of hydrogen-bond acceptors (Lipinski definition) is 7. The fraction of sp³-hybridized carbons (Fsp3) is 0.619. The number of thioether (sulfide) groups is 1. The maximum atomic E-state index is 12.7. The molecule has 9 heteroatoms. The van der Waals surface area contributed by atoms with Crippen LogP contribution in [-0.4, -0.2) is 88.0 Å². The summed E-state index contributed by atoms with van der Waals surface area (Å²) in [5.74, 6) is 0.755. The summed E-state index contributed by atoms with van der Waals surface area (Å²) in [7, 11) is 0. The second-order valence-electron chi connectivity index (χ2n) is 8.03.